The van der Waals surface area contributed by atoms with E-state index in [9.17, 15) is 0 Å². The van der Waals surface area contributed by atoms with E-state index in [0.29, 0.717) is 5.88 Å². The highest BCUT2D eigenvalue weighted by molar-refractivity contribution is 5.74. The van der Waals surface area contributed by atoms with Crippen LogP contribution in [0.1, 0.15) is 25.5 Å². The number of pyridine rings is 1. The molecule has 84 valence electrons. The Hall–Kier alpha value is -1.84. The molecule has 2 N–H and O–H groups in total. The molecule has 2 heterocycles. The van der Waals surface area contributed by atoms with Crippen molar-refractivity contribution in [3.63, 3.8) is 0 Å². The number of hydrogen-bond donors (Lipinski definition) is 1. The number of rotatable bonds is 4. The molecule has 0 aliphatic rings. The molecular formula is C12H15N3O. The summed E-state index contributed by atoms with van der Waals surface area (Å²) in [6, 6.07) is 3.84. The standard InChI is InChI=1S/C12H15N3O/c1-2-3-6-10-11(12(13)16-15-10)9-5-4-7-14-8-9/h4-5,7-8H,2-3,6,13H2,1H3. The Labute approximate surface area is 94.5 Å². The van der Waals surface area contributed by atoms with Gasteiger partial charge >= 0.3 is 0 Å². The van der Waals surface area contributed by atoms with Gasteiger partial charge in [-0.25, -0.2) is 0 Å². The van der Waals surface area contributed by atoms with Crippen molar-refractivity contribution in [2.45, 2.75) is 26.2 Å². The van der Waals surface area contributed by atoms with Crippen LogP contribution in [0, 0.1) is 0 Å². The molecule has 0 radical (unpaired) electrons. The molecule has 0 atom stereocenters. The molecule has 16 heavy (non-hydrogen) atoms. The van der Waals surface area contributed by atoms with Crippen LogP contribution in [0.5, 0.6) is 0 Å². The van der Waals surface area contributed by atoms with Gasteiger partial charge in [-0.15, -0.1) is 0 Å². The SMILES string of the molecule is CCCCc1noc(N)c1-c1cccnc1. The number of aryl methyl sites for hydroxylation is 1. The van der Waals surface area contributed by atoms with Crippen LogP contribution in [0.3, 0.4) is 0 Å². The van der Waals surface area contributed by atoms with Crippen LogP contribution in [-0.4, -0.2) is 10.1 Å². The number of nitrogens with two attached hydrogens (primary N) is 1. The smallest absolute Gasteiger partial charge is 0.230 e. The molecule has 0 saturated heterocycles. The molecule has 2 aromatic rings. The van der Waals surface area contributed by atoms with E-state index in [1.165, 1.54) is 0 Å². The van der Waals surface area contributed by atoms with Crippen LogP contribution in [0.2, 0.25) is 0 Å². The number of anilines is 1. The molecule has 2 rings (SSSR count). The summed E-state index contributed by atoms with van der Waals surface area (Å²) in [4.78, 5) is 4.08. The van der Waals surface area contributed by atoms with E-state index in [1.807, 2.05) is 12.1 Å². The van der Waals surface area contributed by atoms with E-state index in [-0.39, 0.29) is 0 Å². The van der Waals surface area contributed by atoms with E-state index >= 15 is 0 Å². The van der Waals surface area contributed by atoms with Crippen LogP contribution in [0.25, 0.3) is 11.1 Å². The van der Waals surface area contributed by atoms with E-state index in [1.54, 1.807) is 12.4 Å². The Bertz CT molecular complexity index is 451. The predicted molar refractivity (Wildman–Crippen MR) is 62.8 cm³/mol. The first-order chi connectivity index (χ1) is 7.83. The zero-order valence-electron chi connectivity index (χ0n) is 9.31. The second-order valence-electron chi connectivity index (χ2n) is 3.71. The van der Waals surface area contributed by atoms with E-state index in [0.717, 1.165) is 36.1 Å². The average molecular weight is 217 g/mol. The lowest BCUT2D eigenvalue weighted by Crippen LogP contribution is -1.91. The van der Waals surface area contributed by atoms with Crippen molar-refractivity contribution in [3.8, 4) is 11.1 Å². The quantitative estimate of drug-likeness (QED) is 0.855. The average Bonchev–Trinajstić information content (AvgIpc) is 2.69. The van der Waals surface area contributed by atoms with Gasteiger partial charge in [0, 0.05) is 18.0 Å². The Kier molecular flexibility index (Phi) is 3.19. The summed E-state index contributed by atoms with van der Waals surface area (Å²) in [7, 11) is 0. The zero-order chi connectivity index (χ0) is 11.4. The number of nitrogen functional groups attached to an aromatic ring is 1. The number of nitrogens with zero attached hydrogens (tertiary/aromatic N) is 2. The summed E-state index contributed by atoms with van der Waals surface area (Å²) in [5, 5.41) is 4.00. The maximum Gasteiger partial charge on any atom is 0.230 e. The Morgan fingerprint density at radius 1 is 1.44 bits per heavy atom. The molecular weight excluding hydrogens is 202 g/mol. The van der Waals surface area contributed by atoms with E-state index in [2.05, 4.69) is 17.1 Å². The first kappa shape index (κ1) is 10.7. The van der Waals surface area contributed by atoms with Gasteiger partial charge in [0.05, 0.1) is 11.3 Å². The van der Waals surface area contributed by atoms with Crippen LogP contribution >= 0.6 is 0 Å². The maximum atomic E-state index is 5.79. The Balaban J connectivity index is 2.35. The lowest BCUT2D eigenvalue weighted by molar-refractivity contribution is 0.426. The van der Waals surface area contributed by atoms with Crippen molar-refractivity contribution >= 4 is 5.88 Å². The lowest BCUT2D eigenvalue weighted by atomic mass is 10.0. The zero-order valence-corrected chi connectivity index (χ0v) is 9.31. The third kappa shape index (κ3) is 2.05. The fourth-order valence-electron chi connectivity index (χ4n) is 1.67. The van der Waals surface area contributed by atoms with Crippen molar-refractivity contribution in [1.82, 2.24) is 10.1 Å². The van der Waals surface area contributed by atoms with Gasteiger partial charge < -0.3 is 10.3 Å². The van der Waals surface area contributed by atoms with E-state index < -0.39 is 0 Å². The van der Waals surface area contributed by atoms with Gasteiger partial charge in [0.25, 0.3) is 0 Å². The van der Waals surface area contributed by atoms with Gasteiger partial charge in [-0.2, -0.15) is 0 Å². The summed E-state index contributed by atoms with van der Waals surface area (Å²) in [6.07, 6.45) is 6.61. The highest BCUT2D eigenvalue weighted by Gasteiger charge is 2.14. The molecule has 0 bridgehead atoms. The molecule has 0 amide bonds. The monoisotopic (exact) mass is 217 g/mol. The van der Waals surface area contributed by atoms with E-state index in [4.69, 9.17) is 10.3 Å². The van der Waals surface area contributed by atoms with Gasteiger partial charge in [0.2, 0.25) is 5.88 Å². The Morgan fingerprint density at radius 3 is 3.00 bits per heavy atom. The molecule has 0 aliphatic heterocycles. The van der Waals surface area contributed by atoms with Crippen molar-refractivity contribution < 1.29 is 4.52 Å². The lowest BCUT2D eigenvalue weighted by Gasteiger charge is -2.00. The first-order valence-electron chi connectivity index (χ1n) is 5.47. The van der Waals surface area contributed by atoms with Crippen LogP contribution in [0.15, 0.2) is 29.0 Å². The summed E-state index contributed by atoms with van der Waals surface area (Å²) in [5.74, 6) is 0.374. The summed E-state index contributed by atoms with van der Waals surface area (Å²) in [6.45, 7) is 2.15. The molecule has 0 spiro atoms. The number of unbranched alkanes of at least 4 members (excludes halogenated alkanes) is 1. The molecule has 4 nitrogen and oxygen atoms in total. The Morgan fingerprint density at radius 2 is 2.31 bits per heavy atom. The number of aromatic nitrogens is 2. The highest BCUT2D eigenvalue weighted by Crippen LogP contribution is 2.29. The third-order valence-electron chi connectivity index (χ3n) is 2.51. The summed E-state index contributed by atoms with van der Waals surface area (Å²) < 4.78 is 5.05. The van der Waals surface area contributed by atoms with Gasteiger partial charge in [-0.05, 0) is 18.9 Å². The van der Waals surface area contributed by atoms with Gasteiger partial charge in [0.1, 0.15) is 0 Å². The second-order valence-corrected chi connectivity index (χ2v) is 3.71. The minimum Gasteiger partial charge on any atom is -0.367 e. The summed E-state index contributed by atoms with van der Waals surface area (Å²) >= 11 is 0. The van der Waals surface area contributed by atoms with Crippen molar-refractivity contribution in [2.75, 3.05) is 5.73 Å². The fourth-order valence-corrected chi connectivity index (χ4v) is 1.67. The molecule has 0 aromatic carbocycles. The van der Waals surface area contributed by atoms with Crippen molar-refractivity contribution in [1.29, 1.82) is 0 Å². The minimum absolute atomic E-state index is 0.374. The number of hydrogen-bond acceptors (Lipinski definition) is 4. The van der Waals surface area contributed by atoms with Crippen LogP contribution in [0.4, 0.5) is 5.88 Å². The minimum atomic E-state index is 0.374. The molecule has 2 aromatic heterocycles. The largest absolute Gasteiger partial charge is 0.367 e. The van der Waals surface area contributed by atoms with Crippen LogP contribution < -0.4 is 5.73 Å². The molecule has 4 heteroatoms. The molecule has 0 fully saturated rings. The van der Waals surface area contributed by atoms with Gasteiger partial charge in [0.15, 0.2) is 0 Å². The maximum absolute atomic E-state index is 5.79. The molecule has 0 aliphatic carbocycles. The molecule has 0 unspecified atom stereocenters. The van der Waals surface area contributed by atoms with Gasteiger partial charge in [-0.3, -0.25) is 4.98 Å². The first-order valence-corrected chi connectivity index (χ1v) is 5.47. The summed E-state index contributed by atoms with van der Waals surface area (Å²) in [5.41, 5.74) is 8.57. The predicted octanol–water partition coefficient (Wildman–Crippen LogP) is 2.66. The second kappa shape index (κ2) is 4.79. The third-order valence-corrected chi connectivity index (χ3v) is 2.51. The normalized spacial score (nSPS) is 10.6. The van der Waals surface area contributed by atoms with Crippen molar-refractivity contribution in [3.05, 3.63) is 30.2 Å². The van der Waals surface area contributed by atoms with Crippen molar-refractivity contribution in [2.24, 2.45) is 0 Å². The molecule has 0 saturated carbocycles. The van der Waals surface area contributed by atoms with Gasteiger partial charge in [-0.1, -0.05) is 24.6 Å². The topological polar surface area (TPSA) is 64.9 Å². The van der Waals surface area contributed by atoms with Crippen LogP contribution in [-0.2, 0) is 6.42 Å². The highest BCUT2D eigenvalue weighted by atomic mass is 16.5. The fraction of sp³-hybridized carbons (Fsp3) is 0.333.